The van der Waals surface area contributed by atoms with Crippen LogP contribution in [-0.4, -0.2) is 18.6 Å². The van der Waals surface area contributed by atoms with E-state index in [4.69, 9.17) is 4.74 Å². The van der Waals surface area contributed by atoms with Crippen molar-refractivity contribution in [2.75, 3.05) is 6.61 Å². The quantitative estimate of drug-likeness (QED) is 0.632. The van der Waals surface area contributed by atoms with Gasteiger partial charge in [0.05, 0.1) is 6.10 Å². The summed E-state index contributed by atoms with van der Waals surface area (Å²) in [6.45, 7) is 3.98. The lowest BCUT2D eigenvalue weighted by molar-refractivity contribution is -0.0446. The van der Waals surface area contributed by atoms with Crippen molar-refractivity contribution in [1.29, 1.82) is 0 Å². The van der Waals surface area contributed by atoms with Gasteiger partial charge in [0.2, 0.25) is 11.6 Å². The first-order chi connectivity index (χ1) is 9.80. The number of ether oxygens (including phenoxy) is 2. The fourth-order valence-electron chi connectivity index (χ4n) is 1.68. The van der Waals surface area contributed by atoms with Crippen molar-refractivity contribution in [2.45, 2.75) is 52.1 Å². The molecule has 0 amide bonds. The van der Waals surface area contributed by atoms with E-state index in [-0.39, 0.29) is 11.9 Å². The Kier molecular flexibility index (Phi) is 6.30. The molecule has 0 saturated carbocycles. The van der Waals surface area contributed by atoms with Gasteiger partial charge in [-0.25, -0.2) is 8.78 Å². The zero-order valence-electron chi connectivity index (χ0n) is 12.4. The molecule has 1 aromatic carbocycles. The molecule has 120 valence electrons. The first-order valence-corrected chi connectivity index (χ1v) is 6.96. The normalized spacial score (nSPS) is 13.1. The molecule has 0 spiro atoms. The van der Waals surface area contributed by atoms with Crippen LogP contribution in [0.3, 0.4) is 0 Å². The van der Waals surface area contributed by atoms with Crippen LogP contribution in [0.4, 0.5) is 17.6 Å². The van der Waals surface area contributed by atoms with Gasteiger partial charge in [0.1, 0.15) is 0 Å². The van der Waals surface area contributed by atoms with Gasteiger partial charge in [0.15, 0.2) is 18.1 Å². The molecule has 0 aliphatic heterocycles. The molecule has 0 aromatic heterocycles. The van der Waals surface area contributed by atoms with Gasteiger partial charge in [-0.15, -0.1) is 0 Å². The molecule has 2 nitrogen and oxygen atoms in total. The predicted molar refractivity (Wildman–Crippen MR) is 72.1 cm³/mol. The average molecular weight is 308 g/mol. The maximum absolute atomic E-state index is 13.8. The molecule has 0 heterocycles. The summed E-state index contributed by atoms with van der Waals surface area (Å²) in [6.07, 6.45) is 0.841. The molecule has 1 aromatic rings. The summed E-state index contributed by atoms with van der Waals surface area (Å²) < 4.78 is 63.6. The van der Waals surface area contributed by atoms with E-state index in [9.17, 15) is 17.6 Å². The Morgan fingerprint density at radius 1 is 1.10 bits per heavy atom. The lowest BCUT2D eigenvalue weighted by atomic mass is 10.2. The molecular formula is C15H20F4O2. The monoisotopic (exact) mass is 308 g/mol. The number of benzene rings is 1. The van der Waals surface area contributed by atoms with Crippen molar-refractivity contribution in [2.24, 2.45) is 0 Å². The minimum Gasteiger partial charge on any atom is -0.488 e. The van der Waals surface area contributed by atoms with Crippen molar-refractivity contribution < 1.29 is 27.0 Å². The Morgan fingerprint density at radius 3 is 2.24 bits per heavy atom. The van der Waals surface area contributed by atoms with Crippen LogP contribution >= 0.6 is 0 Å². The van der Waals surface area contributed by atoms with Crippen LogP contribution in [0, 0.1) is 11.6 Å². The molecule has 0 saturated heterocycles. The summed E-state index contributed by atoms with van der Waals surface area (Å²) >= 11 is 0. The van der Waals surface area contributed by atoms with Gasteiger partial charge >= 0.3 is 0 Å². The summed E-state index contributed by atoms with van der Waals surface area (Å²) in [5, 5.41) is 0. The van der Waals surface area contributed by atoms with E-state index < -0.39 is 36.3 Å². The smallest absolute Gasteiger partial charge is 0.281 e. The standard InChI is InChI=1S/C15H20F4O2/c1-4-6-10(3)21-12-8-7-11(13(16)14(12)17)20-9-15(18,19)5-2/h7-8,10H,4-6,9H2,1-3H3. The lowest BCUT2D eigenvalue weighted by Crippen LogP contribution is -2.24. The highest BCUT2D eigenvalue weighted by atomic mass is 19.3. The van der Waals surface area contributed by atoms with Gasteiger partial charge in [0, 0.05) is 6.42 Å². The molecule has 0 aliphatic carbocycles. The van der Waals surface area contributed by atoms with Gasteiger partial charge in [-0.1, -0.05) is 20.3 Å². The van der Waals surface area contributed by atoms with Gasteiger partial charge in [-0.3, -0.25) is 0 Å². The van der Waals surface area contributed by atoms with Gasteiger partial charge in [-0.05, 0) is 25.5 Å². The third kappa shape index (κ3) is 5.10. The Labute approximate surface area is 122 Å². The highest BCUT2D eigenvalue weighted by Crippen LogP contribution is 2.30. The van der Waals surface area contributed by atoms with Crippen LogP contribution in [0.15, 0.2) is 12.1 Å². The summed E-state index contributed by atoms with van der Waals surface area (Å²) in [5.74, 6) is -6.41. The maximum Gasteiger partial charge on any atom is 0.281 e. The Balaban J connectivity index is 2.80. The van der Waals surface area contributed by atoms with E-state index >= 15 is 0 Å². The van der Waals surface area contributed by atoms with Crippen molar-refractivity contribution in [3.05, 3.63) is 23.8 Å². The minimum atomic E-state index is -3.08. The molecule has 1 atom stereocenters. The lowest BCUT2D eigenvalue weighted by Gasteiger charge is -2.17. The van der Waals surface area contributed by atoms with E-state index in [2.05, 4.69) is 4.74 Å². The SMILES string of the molecule is CCCC(C)Oc1ccc(OCC(F)(F)CC)c(F)c1F. The van der Waals surface area contributed by atoms with Gasteiger partial charge in [-0.2, -0.15) is 8.78 Å². The molecule has 6 heteroatoms. The number of hydrogen-bond donors (Lipinski definition) is 0. The van der Waals surface area contributed by atoms with Gasteiger partial charge in [0.25, 0.3) is 5.92 Å². The third-order valence-electron chi connectivity index (χ3n) is 2.99. The molecule has 1 unspecified atom stereocenters. The molecule has 0 N–H and O–H groups in total. The molecule has 1 rings (SSSR count). The highest BCUT2D eigenvalue weighted by molar-refractivity contribution is 5.35. The van der Waals surface area contributed by atoms with Crippen molar-refractivity contribution >= 4 is 0 Å². The fraction of sp³-hybridized carbons (Fsp3) is 0.600. The number of alkyl halides is 2. The zero-order valence-corrected chi connectivity index (χ0v) is 12.4. The van der Waals surface area contributed by atoms with Crippen LogP contribution in [0.5, 0.6) is 11.5 Å². The number of rotatable bonds is 8. The third-order valence-corrected chi connectivity index (χ3v) is 2.99. The highest BCUT2D eigenvalue weighted by Gasteiger charge is 2.28. The molecule has 0 radical (unpaired) electrons. The number of halogens is 4. The topological polar surface area (TPSA) is 18.5 Å². The Hall–Kier alpha value is -1.46. The fourth-order valence-corrected chi connectivity index (χ4v) is 1.68. The summed E-state index contributed by atoms with van der Waals surface area (Å²) in [6, 6.07) is 2.28. The van der Waals surface area contributed by atoms with E-state index in [0.717, 1.165) is 12.5 Å². The number of hydrogen-bond acceptors (Lipinski definition) is 2. The Morgan fingerprint density at radius 2 is 1.67 bits per heavy atom. The van der Waals surface area contributed by atoms with Crippen LogP contribution in [0.1, 0.15) is 40.0 Å². The zero-order chi connectivity index (χ0) is 16.0. The average Bonchev–Trinajstić information content (AvgIpc) is 2.43. The van der Waals surface area contributed by atoms with Crippen molar-refractivity contribution in [3.8, 4) is 11.5 Å². The molecule has 21 heavy (non-hydrogen) atoms. The molecule has 0 aliphatic rings. The largest absolute Gasteiger partial charge is 0.488 e. The molecule has 0 fully saturated rings. The van der Waals surface area contributed by atoms with E-state index in [0.29, 0.717) is 6.42 Å². The predicted octanol–water partition coefficient (Wildman–Crippen LogP) is 4.96. The maximum atomic E-state index is 13.8. The molecular weight excluding hydrogens is 288 g/mol. The van der Waals surface area contributed by atoms with Crippen molar-refractivity contribution in [1.82, 2.24) is 0 Å². The van der Waals surface area contributed by atoms with E-state index in [1.807, 2.05) is 6.92 Å². The second kappa shape index (κ2) is 7.52. The Bertz CT molecular complexity index is 463. The van der Waals surface area contributed by atoms with Crippen LogP contribution in [0.2, 0.25) is 0 Å². The second-order valence-electron chi connectivity index (χ2n) is 4.91. The van der Waals surface area contributed by atoms with Crippen LogP contribution < -0.4 is 9.47 Å². The minimum absolute atomic E-state index is 0.247. The van der Waals surface area contributed by atoms with Crippen LogP contribution in [0.25, 0.3) is 0 Å². The molecule has 0 bridgehead atoms. The second-order valence-corrected chi connectivity index (χ2v) is 4.91. The van der Waals surface area contributed by atoms with Crippen LogP contribution in [-0.2, 0) is 0 Å². The van der Waals surface area contributed by atoms with E-state index in [1.165, 1.54) is 13.0 Å². The first kappa shape index (κ1) is 17.6. The summed E-state index contributed by atoms with van der Waals surface area (Å²) in [5.41, 5.74) is 0. The van der Waals surface area contributed by atoms with E-state index in [1.54, 1.807) is 6.92 Å². The summed E-state index contributed by atoms with van der Waals surface area (Å²) in [7, 11) is 0. The van der Waals surface area contributed by atoms with Crippen molar-refractivity contribution in [3.63, 3.8) is 0 Å². The first-order valence-electron chi connectivity index (χ1n) is 6.96. The van der Waals surface area contributed by atoms with Gasteiger partial charge < -0.3 is 9.47 Å². The summed E-state index contributed by atoms with van der Waals surface area (Å²) in [4.78, 5) is 0.